The van der Waals surface area contributed by atoms with Crippen molar-refractivity contribution >= 4 is 44.8 Å². The molecule has 2 aromatic rings. The monoisotopic (exact) mass is 570 g/mol. The molecule has 13 heteroatoms. The number of nitrogens with zero attached hydrogens (tertiary/aromatic N) is 3. The first kappa shape index (κ1) is 26.2. The second-order valence-corrected chi connectivity index (χ2v) is 12.7. The maximum absolute atomic E-state index is 14.5. The van der Waals surface area contributed by atoms with Crippen LogP contribution in [-0.4, -0.2) is 55.0 Å². The van der Waals surface area contributed by atoms with Gasteiger partial charge in [0.15, 0.2) is 22.5 Å². The fourth-order valence-electron chi connectivity index (χ4n) is 5.05. The van der Waals surface area contributed by atoms with E-state index in [1.807, 2.05) is 0 Å². The SMILES string of the molecule is COC(=O)C1=C(C2CCC(S(=O)(=O)N3CCC3)CC2)NC(c2nccs2)=NC1c1ccc(F)c(F)c1Cl. The maximum atomic E-state index is 14.5. The van der Waals surface area contributed by atoms with Crippen LogP contribution >= 0.6 is 22.9 Å². The zero-order valence-corrected chi connectivity index (χ0v) is 22.3. The Hall–Kier alpha value is -2.41. The number of carbonyl (C=O) groups excluding carboxylic acids is 1. The Morgan fingerprint density at radius 2 is 1.95 bits per heavy atom. The Balaban J connectivity index is 1.55. The minimum atomic E-state index is -3.35. The number of rotatable bonds is 6. The van der Waals surface area contributed by atoms with Crippen molar-refractivity contribution in [3.05, 3.63) is 62.2 Å². The van der Waals surface area contributed by atoms with Gasteiger partial charge in [0.1, 0.15) is 6.04 Å². The highest BCUT2D eigenvalue weighted by atomic mass is 35.5. The number of ether oxygens (including phenoxy) is 1. The normalized spacial score (nSPS) is 24.8. The third kappa shape index (κ3) is 4.80. The molecule has 0 bridgehead atoms. The van der Waals surface area contributed by atoms with Gasteiger partial charge in [-0.05, 0) is 44.1 Å². The largest absolute Gasteiger partial charge is 0.466 e. The summed E-state index contributed by atoms with van der Waals surface area (Å²) in [6.07, 6.45) is 4.36. The molecule has 0 amide bonds. The van der Waals surface area contributed by atoms with Crippen LogP contribution in [0.4, 0.5) is 8.78 Å². The van der Waals surface area contributed by atoms with Gasteiger partial charge in [0.2, 0.25) is 10.0 Å². The smallest absolute Gasteiger partial charge is 0.338 e. The minimum absolute atomic E-state index is 0.114. The number of sulfonamides is 1. The van der Waals surface area contributed by atoms with Crippen LogP contribution in [0.1, 0.15) is 48.7 Å². The molecule has 37 heavy (non-hydrogen) atoms. The van der Waals surface area contributed by atoms with Gasteiger partial charge in [-0.25, -0.2) is 31.3 Å². The fraction of sp³-hybridized carbons (Fsp3) is 0.458. The molecule has 0 radical (unpaired) electrons. The van der Waals surface area contributed by atoms with Crippen molar-refractivity contribution in [2.24, 2.45) is 10.9 Å². The molecule has 1 aromatic carbocycles. The molecule has 2 aliphatic heterocycles. The van der Waals surface area contributed by atoms with Crippen LogP contribution in [0, 0.1) is 17.6 Å². The van der Waals surface area contributed by atoms with Crippen LogP contribution in [0.15, 0.2) is 40.0 Å². The van der Waals surface area contributed by atoms with Crippen molar-refractivity contribution in [2.45, 2.75) is 43.4 Å². The molecule has 3 heterocycles. The average Bonchev–Trinajstić information content (AvgIpc) is 3.40. The number of halogens is 3. The summed E-state index contributed by atoms with van der Waals surface area (Å²) in [5.41, 5.74) is 0.755. The first-order chi connectivity index (χ1) is 17.7. The van der Waals surface area contributed by atoms with Crippen molar-refractivity contribution in [1.82, 2.24) is 14.6 Å². The minimum Gasteiger partial charge on any atom is -0.466 e. The van der Waals surface area contributed by atoms with E-state index in [0.29, 0.717) is 55.3 Å². The van der Waals surface area contributed by atoms with Gasteiger partial charge in [-0.3, -0.25) is 4.99 Å². The van der Waals surface area contributed by atoms with E-state index in [-0.39, 0.29) is 17.1 Å². The molecule has 2 fully saturated rings. The Labute approximate surface area is 222 Å². The third-order valence-corrected chi connectivity index (χ3v) is 10.7. The molecule has 1 saturated carbocycles. The number of esters is 1. The van der Waals surface area contributed by atoms with E-state index in [4.69, 9.17) is 16.3 Å². The molecule has 0 spiro atoms. The molecule has 1 atom stereocenters. The number of aromatic nitrogens is 1. The molecule has 1 unspecified atom stereocenters. The highest BCUT2D eigenvalue weighted by molar-refractivity contribution is 7.89. The molecule has 1 saturated heterocycles. The first-order valence-electron chi connectivity index (χ1n) is 11.9. The number of carbonyl (C=O) groups is 1. The molecular formula is C24H25ClF2N4O4S2. The molecule has 1 aliphatic carbocycles. The molecule has 3 aliphatic rings. The summed E-state index contributed by atoms with van der Waals surface area (Å²) in [4.78, 5) is 22.0. The lowest BCUT2D eigenvalue weighted by Gasteiger charge is -2.38. The standard InChI is InChI=1S/C24H25ClF2N4O4S2/c1-35-24(32)17-20(13-3-5-14(6-4-13)37(33,34)31-10-2-11-31)29-22(23-28-9-12-36-23)30-21(17)15-7-8-16(26)19(27)18(15)25/h7-9,12-14,21H,2-6,10-11H2,1H3,(H,29,30). The zero-order chi connectivity index (χ0) is 26.3. The quantitative estimate of drug-likeness (QED) is 0.413. The van der Waals surface area contributed by atoms with E-state index in [1.54, 1.807) is 11.6 Å². The lowest BCUT2D eigenvalue weighted by atomic mass is 9.82. The van der Waals surface area contributed by atoms with Crippen molar-refractivity contribution in [3.8, 4) is 0 Å². The van der Waals surface area contributed by atoms with Gasteiger partial charge in [-0.15, -0.1) is 11.3 Å². The van der Waals surface area contributed by atoms with E-state index in [1.165, 1.54) is 28.8 Å². The van der Waals surface area contributed by atoms with Gasteiger partial charge in [0, 0.05) is 35.9 Å². The number of hydrogen-bond acceptors (Lipinski definition) is 8. The van der Waals surface area contributed by atoms with Gasteiger partial charge < -0.3 is 10.1 Å². The topological polar surface area (TPSA) is 101 Å². The number of hydrogen-bond donors (Lipinski definition) is 1. The molecule has 1 aromatic heterocycles. The van der Waals surface area contributed by atoms with Gasteiger partial charge in [-0.2, -0.15) is 0 Å². The van der Waals surface area contributed by atoms with Crippen LogP contribution in [0.3, 0.4) is 0 Å². The number of nitrogens with one attached hydrogen (secondary N) is 1. The molecule has 8 nitrogen and oxygen atoms in total. The van der Waals surface area contributed by atoms with E-state index >= 15 is 0 Å². The number of benzene rings is 1. The van der Waals surface area contributed by atoms with Crippen LogP contribution in [0.25, 0.3) is 0 Å². The molecule has 198 valence electrons. The van der Waals surface area contributed by atoms with Gasteiger partial charge in [0.25, 0.3) is 0 Å². The van der Waals surface area contributed by atoms with Crippen LogP contribution in [-0.2, 0) is 19.6 Å². The maximum Gasteiger partial charge on any atom is 0.338 e. The van der Waals surface area contributed by atoms with Gasteiger partial charge in [-0.1, -0.05) is 17.7 Å². The average molecular weight is 571 g/mol. The second-order valence-electron chi connectivity index (χ2n) is 9.20. The lowest BCUT2D eigenvalue weighted by Crippen LogP contribution is -2.48. The zero-order valence-electron chi connectivity index (χ0n) is 19.9. The lowest BCUT2D eigenvalue weighted by molar-refractivity contribution is -0.136. The molecule has 5 rings (SSSR count). The summed E-state index contributed by atoms with van der Waals surface area (Å²) in [6.45, 7) is 1.12. The Bertz CT molecular complexity index is 1370. The Morgan fingerprint density at radius 1 is 1.22 bits per heavy atom. The molecular weight excluding hydrogens is 546 g/mol. The Morgan fingerprint density at radius 3 is 2.54 bits per heavy atom. The number of methoxy groups -OCH3 is 1. The summed E-state index contributed by atoms with van der Waals surface area (Å²) in [6, 6.07) is 1.17. The predicted molar refractivity (Wildman–Crippen MR) is 136 cm³/mol. The highest BCUT2D eigenvalue weighted by Gasteiger charge is 2.41. The van der Waals surface area contributed by atoms with Crippen LogP contribution in [0.5, 0.6) is 0 Å². The number of aliphatic imine (C=N–C) groups is 1. The molecule has 1 N–H and O–H groups in total. The second kappa shape index (κ2) is 10.4. The van der Waals surface area contributed by atoms with Gasteiger partial charge in [0.05, 0.1) is 23.0 Å². The van der Waals surface area contributed by atoms with Crippen molar-refractivity contribution in [2.75, 3.05) is 20.2 Å². The van der Waals surface area contributed by atoms with E-state index in [2.05, 4.69) is 15.3 Å². The van der Waals surface area contributed by atoms with E-state index < -0.39 is 43.9 Å². The summed E-state index contributed by atoms with van der Waals surface area (Å²) in [5, 5.41) is 4.60. The summed E-state index contributed by atoms with van der Waals surface area (Å²) in [7, 11) is -2.12. The first-order valence-corrected chi connectivity index (χ1v) is 14.7. The summed E-state index contributed by atoms with van der Waals surface area (Å²) < 4.78 is 60.8. The van der Waals surface area contributed by atoms with Crippen molar-refractivity contribution in [3.63, 3.8) is 0 Å². The van der Waals surface area contributed by atoms with Crippen molar-refractivity contribution in [1.29, 1.82) is 0 Å². The summed E-state index contributed by atoms with van der Waals surface area (Å²) in [5.74, 6) is -2.89. The number of allylic oxidation sites excluding steroid dienone is 1. The number of thiazole rings is 1. The van der Waals surface area contributed by atoms with E-state index in [9.17, 15) is 22.0 Å². The summed E-state index contributed by atoms with van der Waals surface area (Å²) >= 11 is 7.53. The Kier molecular flexibility index (Phi) is 7.36. The van der Waals surface area contributed by atoms with Crippen molar-refractivity contribution < 1.29 is 26.7 Å². The third-order valence-electron chi connectivity index (χ3n) is 7.15. The van der Waals surface area contributed by atoms with Crippen LogP contribution < -0.4 is 5.32 Å². The fourth-order valence-corrected chi connectivity index (χ4v) is 7.95. The van der Waals surface area contributed by atoms with Crippen LogP contribution in [0.2, 0.25) is 5.02 Å². The highest BCUT2D eigenvalue weighted by Crippen LogP contribution is 2.42. The number of amidine groups is 1. The van der Waals surface area contributed by atoms with Gasteiger partial charge >= 0.3 is 5.97 Å². The van der Waals surface area contributed by atoms with E-state index in [0.717, 1.165) is 12.5 Å². The predicted octanol–water partition coefficient (Wildman–Crippen LogP) is 4.19.